The zero-order chi connectivity index (χ0) is 25.1. The van der Waals surface area contributed by atoms with Crippen molar-refractivity contribution in [1.29, 1.82) is 5.26 Å². The molecule has 0 saturated heterocycles. The largest absolute Gasteiger partial charge is 0.462 e. The number of nitriles is 1. The molecule has 6 nitrogen and oxygen atoms in total. The van der Waals surface area contributed by atoms with Gasteiger partial charge in [-0.05, 0) is 94.0 Å². The minimum Gasteiger partial charge on any atom is -0.462 e. The van der Waals surface area contributed by atoms with E-state index in [0.29, 0.717) is 22.9 Å². The van der Waals surface area contributed by atoms with Gasteiger partial charge in [-0.2, -0.15) is 5.26 Å². The second-order valence-electron chi connectivity index (χ2n) is 8.40. The van der Waals surface area contributed by atoms with Gasteiger partial charge in [0.15, 0.2) is 0 Å². The van der Waals surface area contributed by atoms with Crippen molar-refractivity contribution >= 4 is 46.6 Å². The maximum Gasteiger partial charge on any atom is 0.341 e. The number of carbonyl (C=O) groups excluding carboxylic acids is 2. The van der Waals surface area contributed by atoms with Gasteiger partial charge in [-0.15, -0.1) is 11.3 Å². The van der Waals surface area contributed by atoms with Gasteiger partial charge in [-0.3, -0.25) is 4.79 Å². The van der Waals surface area contributed by atoms with Crippen molar-refractivity contribution < 1.29 is 14.3 Å². The van der Waals surface area contributed by atoms with E-state index in [1.54, 1.807) is 41.7 Å². The second kappa shape index (κ2) is 10.5. The lowest BCUT2D eigenvalue weighted by molar-refractivity contribution is -0.112. The molecule has 2 aromatic heterocycles. The molecule has 0 atom stereocenters. The molecule has 180 valence electrons. The predicted molar refractivity (Wildman–Crippen MR) is 139 cm³/mol. The normalized spacial score (nSPS) is 13.2. The molecule has 0 saturated carbocycles. The van der Waals surface area contributed by atoms with E-state index in [9.17, 15) is 14.9 Å². The topological polar surface area (TPSA) is 84.1 Å². The maximum atomic E-state index is 13.0. The number of nitrogens with zero attached hydrogens (tertiary/aromatic N) is 2. The van der Waals surface area contributed by atoms with Gasteiger partial charge < -0.3 is 14.6 Å². The van der Waals surface area contributed by atoms with Crippen molar-refractivity contribution in [3.05, 3.63) is 73.9 Å². The summed E-state index contributed by atoms with van der Waals surface area (Å²) in [5, 5.41) is 13.8. The standard InChI is InChI=1S/C27H26ClN3O3S/c1-4-34-27(33)24-22-7-5-6-8-23(22)35-26(24)31-16(2)13-18(17(31)3)14-19(15-29)25(32)30-21-11-9-20(28)10-12-21/h9-14H,4-8H2,1-3H3,(H,30,32). The lowest BCUT2D eigenvalue weighted by Crippen LogP contribution is -2.13. The van der Waals surface area contributed by atoms with Crippen molar-refractivity contribution in [3.8, 4) is 11.1 Å². The zero-order valence-corrected chi connectivity index (χ0v) is 21.5. The van der Waals surface area contributed by atoms with Crippen LogP contribution < -0.4 is 5.32 Å². The number of halogens is 1. The number of fused-ring (bicyclic) bond motifs is 1. The number of ether oxygens (including phenoxy) is 1. The molecule has 0 unspecified atom stereocenters. The first-order valence-electron chi connectivity index (χ1n) is 11.5. The van der Waals surface area contributed by atoms with Crippen LogP contribution in [0.1, 0.15) is 57.5 Å². The van der Waals surface area contributed by atoms with Gasteiger partial charge in [-0.1, -0.05) is 11.6 Å². The van der Waals surface area contributed by atoms with Crippen LogP contribution in [0.5, 0.6) is 0 Å². The molecule has 0 aliphatic heterocycles. The number of carbonyl (C=O) groups is 2. The number of amides is 1. The lowest BCUT2D eigenvalue weighted by atomic mass is 9.95. The molecule has 0 bridgehead atoms. The van der Waals surface area contributed by atoms with Crippen LogP contribution in [-0.4, -0.2) is 23.1 Å². The molecular weight excluding hydrogens is 482 g/mol. The average Bonchev–Trinajstić information content (AvgIpc) is 3.35. The monoisotopic (exact) mass is 507 g/mol. The predicted octanol–water partition coefficient (Wildman–Crippen LogP) is 6.41. The Morgan fingerprint density at radius 3 is 2.63 bits per heavy atom. The second-order valence-corrected chi connectivity index (χ2v) is 9.92. The Bertz CT molecular complexity index is 1360. The SMILES string of the molecule is CCOC(=O)c1c(-n2c(C)cc(C=C(C#N)C(=O)Nc3ccc(Cl)cc3)c2C)sc2c1CCCC2. The number of esters is 1. The number of hydrogen-bond donors (Lipinski definition) is 1. The third-order valence-corrected chi connectivity index (χ3v) is 7.60. The van der Waals surface area contributed by atoms with Crippen LogP contribution in [0.25, 0.3) is 11.1 Å². The van der Waals surface area contributed by atoms with Crippen molar-refractivity contribution in [1.82, 2.24) is 4.57 Å². The molecule has 35 heavy (non-hydrogen) atoms. The summed E-state index contributed by atoms with van der Waals surface area (Å²) in [5.41, 5.74) is 4.77. The highest BCUT2D eigenvalue weighted by Gasteiger charge is 2.28. The van der Waals surface area contributed by atoms with E-state index in [2.05, 4.69) is 5.32 Å². The summed E-state index contributed by atoms with van der Waals surface area (Å²) in [7, 11) is 0. The van der Waals surface area contributed by atoms with Crippen LogP contribution >= 0.6 is 22.9 Å². The Balaban J connectivity index is 1.73. The third-order valence-electron chi connectivity index (χ3n) is 6.07. The minimum atomic E-state index is -0.501. The molecule has 1 aliphatic rings. The summed E-state index contributed by atoms with van der Waals surface area (Å²) in [6.45, 7) is 6.01. The van der Waals surface area contributed by atoms with E-state index in [1.807, 2.05) is 37.5 Å². The summed E-state index contributed by atoms with van der Waals surface area (Å²) in [4.78, 5) is 27.0. The number of anilines is 1. The minimum absolute atomic E-state index is 0.0173. The highest BCUT2D eigenvalue weighted by atomic mass is 35.5. The van der Waals surface area contributed by atoms with Gasteiger partial charge >= 0.3 is 5.97 Å². The molecule has 4 rings (SSSR count). The average molecular weight is 508 g/mol. The maximum absolute atomic E-state index is 13.0. The Hall–Kier alpha value is -3.34. The number of nitrogens with one attached hydrogen (secondary N) is 1. The molecule has 8 heteroatoms. The van der Waals surface area contributed by atoms with Gasteiger partial charge in [0.05, 0.1) is 12.2 Å². The van der Waals surface area contributed by atoms with Crippen LogP contribution in [0.2, 0.25) is 5.02 Å². The van der Waals surface area contributed by atoms with E-state index in [1.165, 1.54) is 4.88 Å². The molecular formula is C27H26ClN3O3S. The molecule has 1 aliphatic carbocycles. The lowest BCUT2D eigenvalue weighted by Gasteiger charge is -2.13. The van der Waals surface area contributed by atoms with Crippen molar-refractivity contribution in [3.63, 3.8) is 0 Å². The van der Waals surface area contributed by atoms with Gasteiger partial charge in [-0.25, -0.2) is 4.79 Å². The molecule has 3 aromatic rings. The van der Waals surface area contributed by atoms with E-state index in [-0.39, 0.29) is 11.5 Å². The number of aryl methyl sites for hydroxylation is 2. The first-order chi connectivity index (χ1) is 16.8. The van der Waals surface area contributed by atoms with Crippen LogP contribution in [0.15, 0.2) is 35.9 Å². The number of rotatable bonds is 6. The number of hydrogen-bond acceptors (Lipinski definition) is 5. The van der Waals surface area contributed by atoms with Crippen LogP contribution in [0.4, 0.5) is 5.69 Å². The van der Waals surface area contributed by atoms with Crippen LogP contribution in [0.3, 0.4) is 0 Å². The number of aromatic nitrogens is 1. The molecule has 1 N–H and O–H groups in total. The third kappa shape index (κ3) is 5.04. The first kappa shape index (κ1) is 24.8. The summed E-state index contributed by atoms with van der Waals surface area (Å²) >= 11 is 7.54. The van der Waals surface area contributed by atoms with E-state index in [4.69, 9.17) is 16.3 Å². The van der Waals surface area contributed by atoms with Crippen LogP contribution in [0, 0.1) is 25.2 Å². The Morgan fingerprint density at radius 1 is 1.23 bits per heavy atom. The highest BCUT2D eigenvalue weighted by molar-refractivity contribution is 7.15. The summed E-state index contributed by atoms with van der Waals surface area (Å²) < 4.78 is 7.45. The van der Waals surface area contributed by atoms with Gasteiger partial charge in [0.2, 0.25) is 0 Å². The molecule has 0 radical (unpaired) electrons. The fourth-order valence-electron chi connectivity index (χ4n) is 4.40. The summed E-state index contributed by atoms with van der Waals surface area (Å²) in [5.74, 6) is -0.801. The Kier molecular flexibility index (Phi) is 7.44. The molecule has 0 fully saturated rings. The van der Waals surface area contributed by atoms with E-state index >= 15 is 0 Å². The summed E-state index contributed by atoms with van der Waals surface area (Å²) in [6, 6.07) is 10.6. The Labute approximate surface area is 213 Å². The number of thiophene rings is 1. The van der Waals surface area contributed by atoms with Gasteiger partial charge in [0.1, 0.15) is 16.6 Å². The van der Waals surface area contributed by atoms with Crippen molar-refractivity contribution in [2.45, 2.75) is 46.5 Å². The molecule has 1 aromatic carbocycles. The smallest absolute Gasteiger partial charge is 0.341 e. The fraction of sp³-hybridized carbons (Fsp3) is 0.296. The Morgan fingerprint density at radius 2 is 1.94 bits per heavy atom. The van der Waals surface area contributed by atoms with Crippen molar-refractivity contribution in [2.75, 3.05) is 11.9 Å². The van der Waals surface area contributed by atoms with Gasteiger partial charge in [0.25, 0.3) is 5.91 Å². The highest BCUT2D eigenvalue weighted by Crippen LogP contribution is 2.39. The summed E-state index contributed by atoms with van der Waals surface area (Å²) in [6.07, 6.45) is 5.59. The van der Waals surface area contributed by atoms with Crippen molar-refractivity contribution in [2.24, 2.45) is 0 Å². The van der Waals surface area contributed by atoms with E-state index in [0.717, 1.165) is 53.2 Å². The molecule has 1 amide bonds. The van der Waals surface area contributed by atoms with Gasteiger partial charge in [0, 0.05) is 27.0 Å². The van der Waals surface area contributed by atoms with Crippen LogP contribution in [-0.2, 0) is 22.4 Å². The molecule has 2 heterocycles. The van der Waals surface area contributed by atoms with E-state index < -0.39 is 5.91 Å². The molecule has 0 spiro atoms. The first-order valence-corrected chi connectivity index (χ1v) is 12.7. The zero-order valence-electron chi connectivity index (χ0n) is 19.9. The fourth-order valence-corrected chi connectivity index (χ4v) is 6.02. The quantitative estimate of drug-likeness (QED) is 0.237. The number of benzene rings is 1.